The molecule has 2 amide bonds. The normalized spacial score (nSPS) is 11.9. The number of methoxy groups -OCH3 is 3. The summed E-state index contributed by atoms with van der Waals surface area (Å²) in [6.45, 7) is 6.59. The van der Waals surface area contributed by atoms with Crippen LogP contribution in [0.3, 0.4) is 0 Å². The fourth-order valence-electron chi connectivity index (χ4n) is 4.30. The van der Waals surface area contributed by atoms with Crippen molar-refractivity contribution >= 4 is 27.5 Å². The van der Waals surface area contributed by atoms with Crippen LogP contribution in [0.15, 0.2) is 71.6 Å². The van der Waals surface area contributed by atoms with E-state index in [1.54, 1.807) is 49.4 Å². The maximum atomic E-state index is 14.1. The molecule has 0 unspecified atom stereocenters. The van der Waals surface area contributed by atoms with Crippen LogP contribution < -0.4 is 23.8 Å². The van der Waals surface area contributed by atoms with Crippen LogP contribution in [0, 0.1) is 6.92 Å². The van der Waals surface area contributed by atoms with E-state index < -0.39 is 28.5 Å². The van der Waals surface area contributed by atoms with Crippen molar-refractivity contribution < 1.29 is 32.2 Å². The van der Waals surface area contributed by atoms with Gasteiger partial charge in [-0.25, -0.2) is 8.42 Å². The topological polar surface area (TPSA) is 114 Å². The fourth-order valence-corrected chi connectivity index (χ4v) is 5.71. The molecule has 1 atom stereocenters. The van der Waals surface area contributed by atoms with E-state index in [9.17, 15) is 18.0 Å². The van der Waals surface area contributed by atoms with Crippen LogP contribution in [0.5, 0.6) is 17.2 Å². The molecule has 42 heavy (non-hydrogen) atoms. The van der Waals surface area contributed by atoms with E-state index in [-0.39, 0.29) is 29.1 Å². The van der Waals surface area contributed by atoms with Gasteiger partial charge in [0.15, 0.2) is 11.5 Å². The first kappa shape index (κ1) is 32.3. The van der Waals surface area contributed by atoms with E-state index >= 15 is 0 Å². The first-order chi connectivity index (χ1) is 19.9. The van der Waals surface area contributed by atoms with Gasteiger partial charge in [-0.1, -0.05) is 29.8 Å². The molecule has 0 radical (unpaired) electrons. The number of anilines is 1. The average Bonchev–Trinajstić information content (AvgIpc) is 2.97. The standard InChI is InChI=1S/C31H39N3O7S/c1-21(2)32-31(36)23(4)33(19-24-9-8-10-26(17-24)39-5)30(35)20-34(25-13-16-28(40-6)29(18-25)41-7)42(37,38)27-14-11-22(3)12-15-27/h8-18,21,23H,19-20H2,1-7H3,(H,32,36)/t23-/m0/s1. The van der Waals surface area contributed by atoms with Gasteiger partial charge in [-0.05, 0) is 69.7 Å². The first-order valence-corrected chi connectivity index (χ1v) is 14.9. The Kier molecular flexibility index (Phi) is 10.8. The van der Waals surface area contributed by atoms with Gasteiger partial charge < -0.3 is 24.4 Å². The Hall–Kier alpha value is -4.25. The minimum Gasteiger partial charge on any atom is -0.497 e. The number of hydrogen-bond donors (Lipinski definition) is 1. The number of carbonyl (C=O) groups excluding carboxylic acids is 2. The Balaban J connectivity index is 2.10. The number of aryl methyl sites for hydroxylation is 1. The fraction of sp³-hybridized carbons (Fsp3) is 0.355. The second kappa shape index (κ2) is 14.1. The molecule has 0 aromatic heterocycles. The second-order valence-electron chi connectivity index (χ2n) is 10.1. The number of carbonyl (C=O) groups is 2. The quantitative estimate of drug-likeness (QED) is 0.315. The van der Waals surface area contributed by atoms with Gasteiger partial charge in [0, 0.05) is 18.7 Å². The maximum absolute atomic E-state index is 14.1. The van der Waals surface area contributed by atoms with Gasteiger partial charge in [0.05, 0.1) is 31.9 Å². The van der Waals surface area contributed by atoms with Crippen molar-refractivity contribution in [3.63, 3.8) is 0 Å². The van der Waals surface area contributed by atoms with Gasteiger partial charge in [0.2, 0.25) is 11.8 Å². The molecule has 226 valence electrons. The lowest BCUT2D eigenvalue weighted by Gasteiger charge is -2.32. The molecule has 1 N–H and O–H groups in total. The average molecular weight is 598 g/mol. The molecule has 0 fully saturated rings. The zero-order valence-corrected chi connectivity index (χ0v) is 25.9. The third kappa shape index (κ3) is 7.73. The van der Waals surface area contributed by atoms with Crippen LogP contribution >= 0.6 is 0 Å². The molecule has 0 saturated heterocycles. The van der Waals surface area contributed by atoms with E-state index in [0.717, 1.165) is 9.87 Å². The van der Waals surface area contributed by atoms with Crippen LogP contribution in [-0.2, 0) is 26.2 Å². The summed E-state index contributed by atoms with van der Waals surface area (Å²) in [7, 11) is 0.231. The molecule has 0 aliphatic heterocycles. The number of amides is 2. The smallest absolute Gasteiger partial charge is 0.264 e. The zero-order valence-electron chi connectivity index (χ0n) is 25.1. The summed E-state index contributed by atoms with van der Waals surface area (Å²) < 4.78 is 45.2. The van der Waals surface area contributed by atoms with Gasteiger partial charge in [-0.3, -0.25) is 13.9 Å². The van der Waals surface area contributed by atoms with Crippen molar-refractivity contribution in [1.82, 2.24) is 10.2 Å². The van der Waals surface area contributed by atoms with Crippen LogP contribution in [0.25, 0.3) is 0 Å². The number of sulfonamides is 1. The molecule has 10 nitrogen and oxygen atoms in total. The molecule has 0 saturated carbocycles. The van der Waals surface area contributed by atoms with Crippen LogP contribution in [-0.4, -0.2) is 65.1 Å². The number of ether oxygens (including phenoxy) is 3. The highest BCUT2D eigenvalue weighted by Crippen LogP contribution is 2.34. The minimum absolute atomic E-state index is 0.0145. The van der Waals surface area contributed by atoms with E-state index in [1.807, 2.05) is 26.8 Å². The summed E-state index contributed by atoms with van der Waals surface area (Å²) in [5.41, 5.74) is 1.80. The Morgan fingerprint density at radius 2 is 1.52 bits per heavy atom. The van der Waals surface area contributed by atoms with Crippen molar-refractivity contribution in [2.45, 2.75) is 51.2 Å². The number of benzene rings is 3. The summed E-state index contributed by atoms with van der Waals surface area (Å²) >= 11 is 0. The van der Waals surface area contributed by atoms with Crippen molar-refractivity contribution in [2.75, 3.05) is 32.2 Å². The molecular weight excluding hydrogens is 558 g/mol. The van der Waals surface area contributed by atoms with E-state index in [1.165, 1.54) is 44.4 Å². The summed E-state index contributed by atoms with van der Waals surface area (Å²) in [4.78, 5) is 28.5. The summed E-state index contributed by atoms with van der Waals surface area (Å²) in [6.07, 6.45) is 0. The molecule has 0 spiro atoms. The lowest BCUT2D eigenvalue weighted by molar-refractivity contribution is -0.139. The predicted molar refractivity (Wildman–Crippen MR) is 162 cm³/mol. The van der Waals surface area contributed by atoms with Crippen molar-refractivity contribution in [2.24, 2.45) is 0 Å². The van der Waals surface area contributed by atoms with E-state index in [4.69, 9.17) is 14.2 Å². The summed E-state index contributed by atoms with van der Waals surface area (Å²) in [6, 6.07) is 17.1. The first-order valence-electron chi connectivity index (χ1n) is 13.5. The third-order valence-electron chi connectivity index (χ3n) is 6.63. The second-order valence-corrected chi connectivity index (χ2v) is 11.9. The van der Waals surface area contributed by atoms with Gasteiger partial charge in [0.25, 0.3) is 10.0 Å². The van der Waals surface area contributed by atoms with Crippen LogP contribution in [0.2, 0.25) is 0 Å². The molecule has 0 bridgehead atoms. The Bertz CT molecular complexity index is 1490. The zero-order chi connectivity index (χ0) is 31.0. The minimum atomic E-state index is -4.22. The molecule has 0 heterocycles. The highest BCUT2D eigenvalue weighted by Gasteiger charge is 2.33. The largest absolute Gasteiger partial charge is 0.497 e. The van der Waals surface area contributed by atoms with Crippen molar-refractivity contribution in [3.8, 4) is 17.2 Å². The highest BCUT2D eigenvalue weighted by molar-refractivity contribution is 7.92. The van der Waals surface area contributed by atoms with E-state index in [0.29, 0.717) is 22.8 Å². The monoisotopic (exact) mass is 597 g/mol. The number of hydrogen-bond acceptors (Lipinski definition) is 7. The lowest BCUT2D eigenvalue weighted by Crippen LogP contribution is -2.52. The van der Waals surface area contributed by atoms with Gasteiger partial charge in [-0.2, -0.15) is 0 Å². The van der Waals surface area contributed by atoms with Crippen molar-refractivity contribution in [1.29, 1.82) is 0 Å². The van der Waals surface area contributed by atoms with Gasteiger partial charge in [0.1, 0.15) is 18.3 Å². The molecule has 3 aromatic rings. The summed E-state index contributed by atoms with van der Waals surface area (Å²) in [5, 5.41) is 2.84. The maximum Gasteiger partial charge on any atom is 0.264 e. The lowest BCUT2D eigenvalue weighted by atomic mass is 10.1. The molecule has 3 aromatic carbocycles. The Labute approximate surface area is 248 Å². The predicted octanol–water partition coefficient (Wildman–Crippen LogP) is 4.16. The van der Waals surface area contributed by atoms with Crippen molar-refractivity contribution in [3.05, 3.63) is 77.9 Å². The third-order valence-corrected chi connectivity index (χ3v) is 8.42. The van der Waals surface area contributed by atoms with Crippen LogP contribution in [0.1, 0.15) is 31.9 Å². The Morgan fingerprint density at radius 3 is 2.12 bits per heavy atom. The molecule has 3 rings (SSSR count). The number of nitrogens with zero attached hydrogens (tertiary/aromatic N) is 2. The SMILES string of the molecule is COc1cccc(CN(C(=O)CN(c2ccc(OC)c(OC)c2)S(=O)(=O)c2ccc(C)cc2)[C@@H](C)C(=O)NC(C)C)c1. The molecular formula is C31H39N3O7S. The number of nitrogens with one attached hydrogen (secondary N) is 1. The van der Waals surface area contributed by atoms with Gasteiger partial charge in [-0.15, -0.1) is 0 Å². The summed E-state index contributed by atoms with van der Waals surface area (Å²) in [5.74, 6) is 0.353. The van der Waals surface area contributed by atoms with Crippen LogP contribution in [0.4, 0.5) is 5.69 Å². The molecule has 0 aliphatic rings. The van der Waals surface area contributed by atoms with E-state index in [2.05, 4.69) is 5.32 Å². The Morgan fingerprint density at radius 1 is 0.857 bits per heavy atom. The van der Waals surface area contributed by atoms with Gasteiger partial charge >= 0.3 is 0 Å². The molecule has 11 heteroatoms. The number of rotatable bonds is 13. The highest BCUT2D eigenvalue weighted by atomic mass is 32.2. The molecule has 0 aliphatic carbocycles.